The van der Waals surface area contributed by atoms with Crippen molar-refractivity contribution in [2.24, 2.45) is 0 Å². The average Bonchev–Trinajstić information content (AvgIpc) is 1.82. The van der Waals surface area contributed by atoms with Gasteiger partial charge in [0.05, 0.1) is 5.25 Å². The normalized spacial score (nSPS) is 13.1. The maximum atomic E-state index is 10.1. The highest BCUT2D eigenvalue weighted by Crippen LogP contribution is 2.05. The smallest absolute Gasteiger partial charge is 0.316 e. The maximum Gasteiger partial charge on any atom is 0.316 e. The molecular weight excluding hydrogens is 136 g/mol. The van der Waals surface area contributed by atoms with Gasteiger partial charge in [0.25, 0.3) is 0 Å². The van der Waals surface area contributed by atoms with E-state index in [4.69, 9.17) is 5.11 Å². The molecule has 0 spiro atoms. The van der Waals surface area contributed by atoms with E-state index in [2.05, 4.69) is 12.6 Å². The van der Waals surface area contributed by atoms with Crippen molar-refractivity contribution in [3.8, 4) is 0 Å². The molecule has 0 bridgehead atoms. The Bertz CT molecular complexity index is 93.1. The van der Waals surface area contributed by atoms with Gasteiger partial charge in [0.2, 0.25) is 0 Å². The van der Waals surface area contributed by atoms with E-state index in [9.17, 15) is 4.79 Å². The minimum atomic E-state index is -0.813. The summed E-state index contributed by atoms with van der Waals surface area (Å²) in [7, 11) is 0. The van der Waals surface area contributed by atoms with Gasteiger partial charge in [-0.15, -0.1) is 0 Å². The van der Waals surface area contributed by atoms with Crippen LogP contribution in [0.3, 0.4) is 0 Å². The molecule has 0 fully saturated rings. The molecule has 1 atom stereocenters. The molecule has 0 unspecified atom stereocenters. The third-order valence-electron chi connectivity index (χ3n) is 1.12. The van der Waals surface area contributed by atoms with E-state index in [1.807, 2.05) is 6.92 Å². The molecule has 1 N–H and O–H groups in total. The van der Waals surface area contributed by atoms with Crippen LogP contribution >= 0.6 is 12.6 Å². The summed E-state index contributed by atoms with van der Waals surface area (Å²) in [5, 5.41) is 7.86. The van der Waals surface area contributed by atoms with E-state index in [1.54, 1.807) is 0 Å². The van der Waals surface area contributed by atoms with Crippen LogP contribution in [0.15, 0.2) is 0 Å². The van der Waals surface area contributed by atoms with Crippen molar-refractivity contribution in [1.29, 1.82) is 0 Å². The maximum absolute atomic E-state index is 10.1. The Morgan fingerprint density at radius 1 is 1.78 bits per heavy atom. The second-order valence-corrected chi connectivity index (χ2v) is 2.62. The lowest BCUT2D eigenvalue weighted by Crippen LogP contribution is -2.12. The molecule has 0 aromatic rings. The minimum Gasteiger partial charge on any atom is -0.480 e. The Morgan fingerprint density at radius 2 is 2.33 bits per heavy atom. The summed E-state index contributed by atoms with van der Waals surface area (Å²) in [5.74, 6) is -0.813. The van der Waals surface area contributed by atoms with E-state index in [1.165, 1.54) is 0 Å². The zero-order valence-electron chi connectivity index (χ0n) is 5.50. The molecule has 0 heterocycles. The Hall–Kier alpha value is -0.180. The summed E-state index contributed by atoms with van der Waals surface area (Å²) in [5.41, 5.74) is 0. The van der Waals surface area contributed by atoms with Crippen LogP contribution in [0.25, 0.3) is 0 Å². The topological polar surface area (TPSA) is 37.3 Å². The molecule has 0 rings (SSSR count). The minimum absolute atomic E-state index is 0.468. The number of unbranched alkanes of at least 4 members (excludes halogenated alkanes) is 1. The van der Waals surface area contributed by atoms with Crippen molar-refractivity contribution in [1.82, 2.24) is 0 Å². The number of carboxylic acids is 1. The molecule has 3 heteroatoms. The van der Waals surface area contributed by atoms with Crippen LogP contribution in [-0.2, 0) is 4.79 Å². The van der Waals surface area contributed by atoms with Gasteiger partial charge in [-0.1, -0.05) is 19.8 Å². The van der Waals surface area contributed by atoms with Crippen molar-refractivity contribution in [3.05, 3.63) is 0 Å². The van der Waals surface area contributed by atoms with Gasteiger partial charge < -0.3 is 5.11 Å². The van der Waals surface area contributed by atoms with Gasteiger partial charge in [-0.05, 0) is 6.42 Å². The molecule has 9 heavy (non-hydrogen) atoms. The Morgan fingerprint density at radius 3 is 2.67 bits per heavy atom. The Labute approximate surface area is 60.7 Å². The fraction of sp³-hybridized carbons (Fsp3) is 0.833. The third-order valence-corrected chi connectivity index (χ3v) is 1.60. The van der Waals surface area contributed by atoms with E-state index in [0.29, 0.717) is 6.42 Å². The van der Waals surface area contributed by atoms with E-state index >= 15 is 0 Å². The fourth-order valence-corrected chi connectivity index (χ4v) is 0.704. The third kappa shape index (κ3) is 4.33. The quantitative estimate of drug-likeness (QED) is 0.594. The van der Waals surface area contributed by atoms with E-state index in [0.717, 1.165) is 12.8 Å². The summed E-state index contributed by atoms with van der Waals surface area (Å²) >= 11 is 3.86. The first-order chi connectivity index (χ1) is 4.18. The second kappa shape index (κ2) is 4.68. The van der Waals surface area contributed by atoms with Crippen molar-refractivity contribution in [3.63, 3.8) is 0 Å². The fourth-order valence-electron chi connectivity index (χ4n) is 0.521. The van der Waals surface area contributed by atoms with Gasteiger partial charge in [0, 0.05) is 0 Å². The van der Waals surface area contributed by atoms with Crippen molar-refractivity contribution < 1.29 is 9.90 Å². The second-order valence-electron chi connectivity index (χ2n) is 2.00. The number of hydrogen-bond acceptors (Lipinski definition) is 2. The monoisotopic (exact) mass is 148 g/mol. The highest BCUT2D eigenvalue weighted by atomic mass is 32.1. The van der Waals surface area contributed by atoms with Crippen LogP contribution in [0.4, 0.5) is 0 Å². The number of hydrogen-bond donors (Lipinski definition) is 2. The molecule has 0 aromatic heterocycles. The van der Waals surface area contributed by atoms with Gasteiger partial charge in [0.1, 0.15) is 0 Å². The van der Waals surface area contributed by atoms with E-state index in [-0.39, 0.29) is 0 Å². The first kappa shape index (κ1) is 8.82. The molecule has 54 valence electrons. The number of aliphatic carboxylic acids is 1. The van der Waals surface area contributed by atoms with Crippen molar-refractivity contribution >= 4 is 18.6 Å². The standard InChI is InChI=1S/C6H12O2S/c1-2-3-4-5(9)6(7)8/h5,9H,2-4H2,1H3,(H,7,8)/t5-/m1/s1. The van der Waals surface area contributed by atoms with Crippen molar-refractivity contribution in [2.75, 3.05) is 0 Å². The molecule has 2 nitrogen and oxygen atoms in total. The summed E-state index contributed by atoms with van der Waals surface area (Å²) in [6.07, 6.45) is 2.65. The Kier molecular flexibility index (Phi) is 4.58. The summed E-state index contributed by atoms with van der Waals surface area (Å²) in [4.78, 5) is 10.1. The van der Waals surface area contributed by atoms with Gasteiger partial charge >= 0.3 is 5.97 Å². The molecular formula is C6H12O2S. The van der Waals surface area contributed by atoms with Crippen LogP contribution in [0.2, 0.25) is 0 Å². The zero-order chi connectivity index (χ0) is 7.28. The van der Waals surface area contributed by atoms with Crippen LogP contribution in [0.1, 0.15) is 26.2 Å². The van der Waals surface area contributed by atoms with Crippen LogP contribution in [0, 0.1) is 0 Å². The molecule has 0 saturated heterocycles. The molecule has 0 radical (unpaired) electrons. The van der Waals surface area contributed by atoms with Crippen LogP contribution in [-0.4, -0.2) is 16.3 Å². The lowest BCUT2D eigenvalue weighted by molar-refractivity contribution is -0.136. The van der Waals surface area contributed by atoms with Crippen LogP contribution < -0.4 is 0 Å². The predicted octanol–water partition coefficient (Wildman–Crippen LogP) is 1.56. The summed E-state index contributed by atoms with van der Waals surface area (Å²) < 4.78 is 0. The van der Waals surface area contributed by atoms with Crippen molar-refractivity contribution in [2.45, 2.75) is 31.4 Å². The van der Waals surface area contributed by atoms with E-state index < -0.39 is 11.2 Å². The predicted molar refractivity (Wildman–Crippen MR) is 39.9 cm³/mol. The Balaban J connectivity index is 3.27. The molecule has 0 aliphatic heterocycles. The molecule has 0 saturated carbocycles. The lowest BCUT2D eigenvalue weighted by atomic mass is 10.2. The molecule has 0 aliphatic carbocycles. The van der Waals surface area contributed by atoms with Crippen LogP contribution in [0.5, 0.6) is 0 Å². The zero-order valence-corrected chi connectivity index (χ0v) is 6.40. The largest absolute Gasteiger partial charge is 0.480 e. The van der Waals surface area contributed by atoms with Gasteiger partial charge in [-0.2, -0.15) is 12.6 Å². The number of thiol groups is 1. The molecule has 0 amide bonds. The number of carbonyl (C=O) groups is 1. The molecule has 0 aromatic carbocycles. The van der Waals surface area contributed by atoms with Gasteiger partial charge in [-0.3, -0.25) is 4.79 Å². The average molecular weight is 148 g/mol. The highest BCUT2D eigenvalue weighted by Gasteiger charge is 2.09. The SMILES string of the molecule is CCCC[C@@H](S)C(=O)O. The number of rotatable bonds is 4. The lowest BCUT2D eigenvalue weighted by Gasteiger charge is -2.01. The number of carboxylic acid groups (broad SMARTS) is 1. The van der Waals surface area contributed by atoms with Gasteiger partial charge in [0.15, 0.2) is 0 Å². The summed E-state index contributed by atoms with van der Waals surface area (Å²) in [6, 6.07) is 0. The summed E-state index contributed by atoms with van der Waals surface area (Å²) in [6.45, 7) is 2.03. The highest BCUT2D eigenvalue weighted by molar-refractivity contribution is 7.81. The first-order valence-corrected chi connectivity index (χ1v) is 3.61. The molecule has 0 aliphatic rings. The van der Waals surface area contributed by atoms with Gasteiger partial charge in [-0.25, -0.2) is 0 Å². The first-order valence-electron chi connectivity index (χ1n) is 3.09.